The van der Waals surface area contributed by atoms with Gasteiger partial charge in [-0.1, -0.05) is 25.3 Å². The molecule has 1 saturated heterocycles. The number of nitrogens with zero attached hydrogens (tertiary/aromatic N) is 1. The van der Waals surface area contributed by atoms with Gasteiger partial charge < -0.3 is 19.9 Å². The molecule has 2 N–H and O–H groups in total. The molecule has 4 rings (SSSR count). The van der Waals surface area contributed by atoms with Crippen LogP contribution < -0.4 is 14.8 Å². The minimum Gasteiger partial charge on any atom is -0.490 e. The number of fused-ring (bicyclic) bond motifs is 1. The molecule has 1 saturated carbocycles. The molecule has 0 bridgehead atoms. The van der Waals surface area contributed by atoms with E-state index in [9.17, 15) is 14.7 Å². The van der Waals surface area contributed by atoms with Crippen LogP contribution in [0.4, 0.5) is 4.79 Å². The molecule has 3 amide bonds. The van der Waals surface area contributed by atoms with Crippen molar-refractivity contribution >= 4 is 11.9 Å². The first-order valence-electron chi connectivity index (χ1n) is 9.68. The van der Waals surface area contributed by atoms with Crippen LogP contribution in [-0.2, 0) is 10.3 Å². The average molecular weight is 374 g/mol. The molecule has 7 heteroatoms. The van der Waals surface area contributed by atoms with Crippen LogP contribution in [0.25, 0.3) is 0 Å². The first kappa shape index (κ1) is 18.1. The van der Waals surface area contributed by atoms with Gasteiger partial charge in [-0.2, -0.15) is 0 Å². The second-order valence-electron chi connectivity index (χ2n) is 7.94. The zero-order valence-electron chi connectivity index (χ0n) is 15.6. The summed E-state index contributed by atoms with van der Waals surface area (Å²) in [5, 5.41) is 13.6. The fraction of sp³-hybridized carbons (Fsp3) is 0.600. The van der Waals surface area contributed by atoms with Gasteiger partial charge in [0.1, 0.15) is 5.54 Å². The molecule has 27 heavy (non-hydrogen) atoms. The molecule has 0 unspecified atom stereocenters. The van der Waals surface area contributed by atoms with Crippen molar-refractivity contribution in [3.05, 3.63) is 23.8 Å². The van der Waals surface area contributed by atoms with Gasteiger partial charge in [0.15, 0.2) is 11.5 Å². The maximum absolute atomic E-state index is 13.1. The highest BCUT2D eigenvalue weighted by atomic mass is 16.5. The van der Waals surface area contributed by atoms with Crippen molar-refractivity contribution in [2.75, 3.05) is 19.8 Å². The van der Waals surface area contributed by atoms with Gasteiger partial charge in [-0.3, -0.25) is 9.69 Å². The van der Waals surface area contributed by atoms with Crippen LogP contribution in [-0.4, -0.2) is 47.3 Å². The Morgan fingerprint density at radius 1 is 1.07 bits per heavy atom. The Kier molecular flexibility index (Phi) is 4.50. The maximum atomic E-state index is 13.1. The van der Waals surface area contributed by atoms with Gasteiger partial charge in [0, 0.05) is 6.42 Å². The third kappa shape index (κ3) is 3.25. The topological polar surface area (TPSA) is 88.1 Å². The van der Waals surface area contributed by atoms with E-state index in [0.29, 0.717) is 43.1 Å². The Morgan fingerprint density at radius 3 is 2.52 bits per heavy atom. The van der Waals surface area contributed by atoms with Gasteiger partial charge in [0.05, 0.1) is 25.4 Å². The summed E-state index contributed by atoms with van der Waals surface area (Å²) >= 11 is 0. The van der Waals surface area contributed by atoms with Crippen LogP contribution in [0.3, 0.4) is 0 Å². The zero-order valence-corrected chi connectivity index (χ0v) is 15.6. The number of carbonyl (C=O) groups excluding carboxylic acids is 2. The number of β-amino-alcohol motifs (C(OH)–C–C–N with tert-alkyl or cyclic N) is 1. The Bertz CT molecular complexity index is 759. The Labute approximate surface area is 158 Å². The van der Waals surface area contributed by atoms with Crippen LogP contribution in [0.5, 0.6) is 11.5 Å². The van der Waals surface area contributed by atoms with Crippen LogP contribution in [0.2, 0.25) is 0 Å². The average Bonchev–Trinajstić information content (AvgIpc) is 2.83. The highest BCUT2D eigenvalue weighted by molar-refractivity contribution is 6.07. The van der Waals surface area contributed by atoms with E-state index in [1.807, 2.05) is 0 Å². The second kappa shape index (κ2) is 6.71. The summed E-state index contributed by atoms with van der Waals surface area (Å²) in [5.41, 5.74) is -1.53. The molecule has 7 nitrogen and oxygen atoms in total. The number of ether oxygens (including phenoxy) is 2. The number of hydrogen-bond donors (Lipinski definition) is 2. The number of hydrogen-bond acceptors (Lipinski definition) is 5. The van der Waals surface area contributed by atoms with Crippen molar-refractivity contribution < 1.29 is 24.2 Å². The number of urea groups is 1. The lowest BCUT2D eigenvalue weighted by atomic mass is 9.84. The van der Waals surface area contributed by atoms with Crippen molar-refractivity contribution in [1.29, 1.82) is 0 Å². The molecular formula is C20H26N2O5. The van der Waals surface area contributed by atoms with E-state index in [2.05, 4.69) is 5.32 Å². The SMILES string of the molecule is C[C@@]1(c2ccc3c(c2)OCCCO3)NC(=O)N(CC2(O)CCCCC2)C1=O. The van der Waals surface area contributed by atoms with Crippen molar-refractivity contribution in [2.24, 2.45) is 0 Å². The van der Waals surface area contributed by atoms with Gasteiger partial charge in [0.25, 0.3) is 5.91 Å². The summed E-state index contributed by atoms with van der Waals surface area (Å²) in [6.45, 7) is 2.87. The molecule has 1 aromatic carbocycles. The maximum Gasteiger partial charge on any atom is 0.325 e. The molecular weight excluding hydrogens is 348 g/mol. The van der Waals surface area contributed by atoms with E-state index in [1.165, 1.54) is 0 Å². The van der Waals surface area contributed by atoms with Gasteiger partial charge in [-0.25, -0.2) is 4.79 Å². The summed E-state index contributed by atoms with van der Waals surface area (Å²) < 4.78 is 11.4. The van der Waals surface area contributed by atoms with Crippen molar-refractivity contribution in [3.8, 4) is 11.5 Å². The summed E-state index contributed by atoms with van der Waals surface area (Å²) in [5.74, 6) is 0.878. The van der Waals surface area contributed by atoms with E-state index in [1.54, 1.807) is 25.1 Å². The van der Waals surface area contributed by atoms with Crippen LogP contribution >= 0.6 is 0 Å². The normalized spacial score (nSPS) is 27.3. The molecule has 2 fully saturated rings. The first-order chi connectivity index (χ1) is 12.9. The van der Waals surface area contributed by atoms with Gasteiger partial charge >= 0.3 is 6.03 Å². The lowest BCUT2D eigenvalue weighted by Gasteiger charge is -2.34. The van der Waals surface area contributed by atoms with E-state index in [0.717, 1.165) is 30.6 Å². The smallest absolute Gasteiger partial charge is 0.325 e. The lowest BCUT2D eigenvalue weighted by Crippen LogP contribution is -2.48. The number of rotatable bonds is 3. The fourth-order valence-electron chi connectivity index (χ4n) is 4.17. The van der Waals surface area contributed by atoms with Gasteiger partial charge in [-0.05, 0) is 37.5 Å². The predicted molar refractivity (Wildman–Crippen MR) is 97.7 cm³/mol. The Balaban J connectivity index is 1.59. The van der Waals surface area contributed by atoms with Gasteiger partial charge in [0.2, 0.25) is 0 Å². The largest absolute Gasteiger partial charge is 0.490 e. The second-order valence-corrected chi connectivity index (χ2v) is 7.94. The number of carbonyl (C=O) groups is 2. The quantitative estimate of drug-likeness (QED) is 0.793. The first-order valence-corrected chi connectivity index (χ1v) is 9.68. The lowest BCUT2D eigenvalue weighted by molar-refractivity contribution is -0.134. The van der Waals surface area contributed by atoms with Crippen LogP contribution in [0.1, 0.15) is 51.0 Å². The van der Waals surface area contributed by atoms with E-state index < -0.39 is 17.2 Å². The molecule has 0 aromatic heterocycles. The van der Waals surface area contributed by atoms with Crippen molar-refractivity contribution in [2.45, 2.75) is 56.6 Å². The van der Waals surface area contributed by atoms with Crippen molar-refractivity contribution in [3.63, 3.8) is 0 Å². The summed E-state index contributed by atoms with van der Waals surface area (Å²) in [7, 11) is 0. The third-order valence-electron chi connectivity index (χ3n) is 5.84. The zero-order chi connectivity index (χ0) is 19.1. The number of imide groups is 1. The summed E-state index contributed by atoms with van der Waals surface area (Å²) in [4.78, 5) is 26.9. The van der Waals surface area contributed by atoms with E-state index in [4.69, 9.17) is 9.47 Å². The minimum absolute atomic E-state index is 0.0395. The highest BCUT2D eigenvalue weighted by Gasteiger charge is 2.51. The molecule has 0 radical (unpaired) electrons. The summed E-state index contributed by atoms with van der Waals surface area (Å²) in [6.07, 6.45) is 4.94. The third-order valence-corrected chi connectivity index (χ3v) is 5.84. The molecule has 3 aliphatic rings. The van der Waals surface area contributed by atoms with Gasteiger partial charge in [-0.15, -0.1) is 0 Å². The van der Waals surface area contributed by atoms with E-state index in [-0.39, 0.29) is 12.5 Å². The molecule has 1 aromatic rings. The van der Waals surface area contributed by atoms with Crippen LogP contribution in [0.15, 0.2) is 18.2 Å². The van der Waals surface area contributed by atoms with Crippen LogP contribution in [0, 0.1) is 0 Å². The van der Waals surface area contributed by atoms with Crippen molar-refractivity contribution in [1.82, 2.24) is 10.2 Å². The number of amides is 3. The Morgan fingerprint density at radius 2 is 1.78 bits per heavy atom. The molecule has 2 aliphatic heterocycles. The molecule has 146 valence electrons. The fourth-order valence-corrected chi connectivity index (χ4v) is 4.17. The van der Waals surface area contributed by atoms with E-state index >= 15 is 0 Å². The predicted octanol–water partition coefficient (Wildman–Crippen LogP) is 2.31. The molecule has 0 spiro atoms. The number of nitrogens with one attached hydrogen (secondary N) is 1. The number of aliphatic hydroxyl groups is 1. The molecule has 1 aliphatic carbocycles. The minimum atomic E-state index is -1.19. The monoisotopic (exact) mass is 374 g/mol. The molecule has 1 atom stereocenters. The number of benzene rings is 1. The Hall–Kier alpha value is -2.28. The summed E-state index contributed by atoms with van der Waals surface area (Å²) in [6, 6.07) is 4.86. The molecule has 2 heterocycles. The highest BCUT2D eigenvalue weighted by Crippen LogP contribution is 2.38. The standard InChI is InChI=1S/C20H26N2O5/c1-19(14-6-7-15-16(12-14)27-11-5-10-26-15)17(23)22(18(24)21-19)13-20(25)8-3-2-4-9-20/h6-7,12,25H,2-5,8-11,13H2,1H3,(H,21,24)/t19-/m0/s1.